The number of aliphatic hydroxyl groups excluding tert-OH is 1. The van der Waals surface area contributed by atoms with Crippen molar-refractivity contribution in [3.8, 4) is 12.0 Å². The molecule has 8 nitrogen and oxygen atoms in total. The fourth-order valence-corrected chi connectivity index (χ4v) is 1.32. The molecule has 0 radical (unpaired) electrons. The fraction of sp³-hybridized carbons (Fsp3) is 0.700. The van der Waals surface area contributed by atoms with Crippen LogP contribution in [-0.2, 0) is 4.74 Å². The Hall–Kier alpha value is -1.67. The Bertz CT molecular complexity index is 355. The van der Waals surface area contributed by atoms with Crippen molar-refractivity contribution in [3.05, 3.63) is 0 Å². The number of hydrogen-bond donors (Lipinski definition) is 1. The smallest absolute Gasteiger partial charge is 0.324 e. The molecule has 1 aromatic heterocycles. The Morgan fingerprint density at radius 2 is 1.67 bits per heavy atom. The summed E-state index contributed by atoms with van der Waals surface area (Å²) in [6.07, 6.45) is -0.631. The number of hydrogen-bond acceptors (Lipinski definition) is 8. The summed E-state index contributed by atoms with van der Waals surface area (Å²) in [7, 11) is 6.18. The lowest BCUT2D eigenvalue weighted by molar-refractivity contribution is 0.0693. The topological polar surface area (TPSA) is 89.8 Å². The van der Waals surface area contributed by atoms with Gasteiger partial charge in [-0.05, 0) is 0 Å². The van der Waals surface area contributed by atoms with E-state index in [2.05, 4.69) is 15.0 Å². The third-order valence-electron chi connectivity index (χ3n) is 2.13. The summed E-state index contributed by atoms with van der Waals surface area (Å²) in [5, 5.41) is 9.63. The van der Waals surface area contributed by atoms with Crippen molar-refractivity contribution in [3.63, 3.8) is 0 Å². The van der Waals surface area contributed by atoms with E-state index in [1.807, 2.05) is 0 Å². The van der Waals surface area contributed by atoms with Crippen LogP contribution in [0.25, 0.3) is 0 Å². The van der Waals surface area contributed by atoms with Gasteiger partial charge in [0.25, 0.3) is 0 Å². The van der Waals surface area contributed by atoms with Gasteiger partial charge < -0.3 is 24.2 Å². The highest BCUT2D eigenvalue weighted by molar-refractivity contribution is 5.31. The Kier molecular flexibility index (Phi) is 5.53. The molecule has 0 saturated heterocycles. The first kappa shape index (κ1) is 14.4. The van der Waals surface area contributed by atoms with E-state index in [4.69, 9.17) is 14.2 Å². The van der Waals surface area contributed by atoms with Crippen LogP contribution in [-0.4, -0.2) is 67.7 Å². The predicted molar refractivity (Wildman–Crippen MR) is 64.1 cm³/mol. The summed E-state index contributed by atoms with van der Waals surface area (Å²) < 4.78 is 14.7. The molecule has 1 N–H and O–H groups in total. The number of rotatable bonds is 7. The molecule has 1 aromatic rings. The van der Waals surface area contributed by atoms with Crippen LogP contribution in [0.1, 0.15) is 0 Å². The zero-order chi connectivity index (χ0) is 13.5. The zero-order valence-electron chi connectivity index (χ0n) is 11.0. The van der Waals surface area contributed by atoms with Crippen LogP contribution in [0.2, 0.25) is 0 Å². The lowest BCUT2D eigenvalue weighted by Gasteiger charge is -2.20. The van der Waals surface area contributed by atoms with Crippen LogP contribution in [0, 0.1) is 0 Å². The lowest BCUT2D eigenvalue weighted by atomic mass is 10.3. The van der Waals surface area contributed by atoms with E-state index in [0.717, 1.165) is 0 Å². The van der Waals surface area contributed by atoms with E-state index in [-0.39, 0.29) is 18.6 Å². The van der Waals surface area contributed by atoms with Gasteiger partial charge in [0.1, 0.15) is 0 Å². The van der Waals surface area contributed by atoms with Gasteiger partial charge in [-0.15, -0.1) is 4.98 Å². The highest BCUT2D eigenvalue weighted by Gasteiger charge is 2.14. The van der Waals surface area contributed by atoms with E-state index >= 15 is 0 Å². The molecule has 0 aliphatic carbocycles. The van der Waals surface area contributed by atoms with E-state index in [1.54, 1.807) is 11.9 Å². The zero-order valence-corrected chi connectivity index (χ0v) is 11.0. The summed E-state index contributed by atoms with van der Waals surface area (Å²) in [4.78, 5) is 13.7. The lowest BCUT2D eigenvalue weighted by Crippen LogP contribution is -2.33. The van der Waals surface area contributed by atoms with Gasteiger partial charge in [-0.1, -0.05) is 0 Å². The van der Waals surface area contributed by atoms with Gasteiger partial charge in [0.2, 0.25) is 5.95 Å². The number of aliphatic hydroxyl groups is 1. The minimum atomic E-state index is -0.631. The molecule has 0 aromatic carbocycles. The third kappa shape index (κ3) is 3.97. The van der Waals surface area contributed by atoms with Gasteiger partial charge in [-0.3, -0.25) is 0 Å². The summed E-state index contributed by atoms with van der Waals surface area (Å²) in [6.45, 7) is 0.563. The second-order valence-corrected chi connectivity index (χ2v) is 3.60. The highest BCUT2D eigenvalue weighted by atomic mass is 16.5. The van der Waals surface area contributed by atoms with Crippen molar-refractivity contribution < 1.29 is 19.3 Å². The van der Waals surface area contributed by atoms with E-state index in [0.29, 0.717) is 12.5 Å². The number of aromatic nitrogens is 3. The van der Waals surface area contributed by atoms with Crippen molar-refractivity contribution in [2.24, 2.45) is 0 Å². The van der Waals surface area contributed by atoms with E-state index in [1.165, 1.54) is 21.3 Å². The van der Waals surface area contributed by atoms with Gasteiger partial charge in [-0.25, -0.2) is 0 Å². The standard InChI is InChI=1S/C10H18N4O4/c1-14(5-7(15)6-16-2)8-11-9(17-3)13-10(12-8)18-4/h7,15H,5-6H2,1-4H3. The molecule has 0 fully saturated rings. The maximum atomic E-state index is 9.63. The largest absolute Gasteiger partial charge is 0.467 e. The first-order chi connectivity index (χ1) is 8.60. The Morgan fingerprint density at radius 1 is 1.11 bits per heavy atom. The normalized spacial score (nSPS) is 12.1. The molecule has 1 rings (SSSR count). The van der Waals surface area contributed by atoms with Crippen LogP contribution in [0.4, 0.5) is 5.95 Å². The first-order valence-electron chi connectivity index (χ1n) is 5.33. The monoisotopic (exact) mass is 258 g/mol. The number of likely N-dealkylation sites (N-methyl/N-ethyl adjacent to an activating group) is 1. The molecule has 1 atom stereocenters. The maximum absolute atomic E-state index is 9.63. The average molecular weight is 258 g/mol. The summed E-state index contributed by atoms with van der Waals surface area (Å²) in [5.41, 5.74) is 0. The molecular weight excluding hydrogens is 240 g/mol. The van der Waals surface area contributed by atoms with Gasteiger partial charge in [0.05, 0.1) is 26.9 Å². The SMILES string of the molecule is COCC(O)CN(C)c1nc(OC)nc(OC)n1. The number of anilines is 1. The molecule has 102 valence electrons. The highest BCUT2D eigenvalue weighted by Crippen LogP contribution is 2.14. The van der Waals surface area contributed by atoms with Gasteiger partial charge in [-0.2, -0.15) is 9.97 Å². The number of nitrogens with zero attached hydrogens (tertiary/aromatic N) is 4. The van der Waals surface area contributed by atoms with Gasteiger partial charge in [0, 0.05) is 20.7 Å². The number of methoxy groups -OCH3 is 3. The average Bonchev–Trinajstić information content (AvgIpc) is 2.38. The molecular formula is C10H18N4O4. The minimum absolute atomic E-state index is 0.157. The van der Waals surface area contributed by atoms with Crippen molar-refractivity contribution in [1.29, 1.82) is 0 Å². The second-order valence-electron chi connectivity index (χ2n) is 3.60. The Balaban J connectivity index is 2.80. The van der Waals surface area contributed by atoms with Crippen LogP contribution >= 0.6 is 0 Å². The molecule has 0 aliphatic heterocycles. The maximum Gasteiger partial charge on any atom is 0.324 e. The van der Waals surface area contributed by atoms with Crippen LogP contribution in [0.5, 0.6) is 12.0 Å². The minimum Gasteiger partial charge on any atom is -0.467 e. The Labute approximate surface area is 106 Å². The summed E-state index contributed by atoms with van der Waals surface area (Å²) in [6, 6.07) is 0.315. The van der Waals surface area contributed by atoms with Crippen LogP contribution < -0.4 is 14.4 Å². The van der Waals surface area contributed by atoms with Crippen molar-refractivity contribution in [2.75, 3.05) is 46.4 Å². The summed E-state index contributed by atoms with van der Waals surface area (Å²) in [5.74, 6) is 0.355. The molecule has 0 saturated carbocycles. The molecule has 0 aliphatic rings. The van der Waals surface area contributed by atoms with Crippen LogP contribution in [0.3, 0.4) is 0 Å². The number of ether oxygens (including phenoxy) is 3. The molecule has 18 heavy (non-hydrogen) atoms. The van der Waals surface area contributed by atoms with Gasteiger partial charge >= 0.3 is 12.0 Å². The fourth-order valence-electron chi connectivity index (χ4n) is 1.32. The van der Waals surface area contributed by atoms with Crippen molar-refractivity contribution in [1.82, 2.24) is 15.0 Å². The van der Waals surface area contributed by atoms with Gasteiger partial charge in [0.15, 0.2) is 0 Å². The van der Waals surface area contributed by atoms with E-state index in [9.17, 15) is 5.11 Å². The van der Waals surface area contributed by atoms with Crippen molar-refractivity contribution in [2.45, 2.75) is 6.10 Å². The Morgan fingerprint density at radius 3 is 2.11 bits per heavy atom. The van der Waals surface area contributed by atoms with Crippen molar-refractivity contribution >= 4 is 5.95 Å². The molecule has 0 amide bonds. The molecule has 8 heteroatoms. The second kappa shape index (κ2) is 6.92. The molecule has 0 bridgehead atoms. The summed E-state index contributed by atoms with van der Waals surface area (Å²) >= 11 is 0. The predicted octanol–water partition coefficient (Wildman–Crippen LogP) is -0.668. The molecule has 1 unspecified atom stereocenters. The van der Waals surface area contributed by atoms with Crippen LogP contribution in [0.15, 0.2) is 0 Å². The van der Waals surface area contributed by atoms with E-state index < -0.39 is 6.10 Å². The first-order valence-corrected chi connectivity index (χ1v) is 5.33. The molecule has 0 spiro atoms. The molecule has 1 heterocycles. The quantitative estimate of drug-likeness (QED) is 0.689. The third-order valence-corrected chi connectivity index (χ3v) is 2.13.